The molecular weight excluding hydrogens is 138 g/mol. The Morgan fingerprint density at radius 2 is 2.27 bits per heavy atom. The van der Waals surface area contributed by atoms with E-state index in [0.29, 0.717) is 5.69 Å². The Morgan fingerprint density at radius 1 is 1.55 bits per heavy atom. The fourth-order valence-electron chi connectivity index (χ4n) is 0.845. The van der Waals surface area contributed by atoms with E-state index in [-0.39, 0.29) is 6.04 Å². The highest BCUT2D eigenvalue weighted by Gasteiger charge is 2.02. The summed E-state index contributed by atoms with van der Waals surface area (Å²) >= 11 is 0. The van der Waals surface area contributed by atoms with Crippen LogP contribution >= 0.6 is 0 Å². The summed E-state index contributed by atoms with van der Waals surface area (Å²) in [5.74, 6) is 0. The third kappa shape index (κ3) is 1.91. The molecule has 0 aliphatic heterocycles. The third-order valence-electron chi connectivity index (χ3n) is 1.63. The van der Waals surface area contributed by atoms with Crippen molar-refractivity contribution >= 4 is 5.69 Å². The summed E-state index contributed by atoms with van der Waals surface area (Å²) in [5, 5.41) is 0. The highest BCUT2D eigenvalue weighted by molar-refractivity contribution is 5.34. The average Bonchev–Trinajstić information content (AvgIpc) is 2.05. The second-order valence-corrected chi connectivity index (χ2v) is 2.53. The Balaban J connectivity index is 2.81. The lowest BCUT2D eigenvalue weighted by Crippen LogP contribution is -2.10. The summed E-state index contributed by atoms with van der Waals surface area (Å²) in [6, 6.07) is 3.72. The van der Waals surface area contributed by atoms with Gasteiger partial charge in [0.2, 0.25) is 0 Å². The van der Waals surface area contributed by atoms with Gasteiger partial charge in [-0.2, -0.15) is 0 Å². The maximum absolute atomic E-state index is 5.74. The summed E-state index contributed by atoms with van der Waals surface area (Å²) in [5.41, 5.74) is 12.8. The molecule has 0 spiro atoms. The smallest absolute Gasteiger partial charge is 0.0572 e. The summed E-state index contributed by atoms with van der Waals surface area (Å²) in [7, 11) is 0. The molecule has 0 aliphatic carbocycles. The van der Waals surface area contributed by atoms with Crippen LogP contribution in [0.15, 0.2) is 18.3 Å². The van der Waals surface area contributed by atoms with E-state index in [9.17, 15) is 0 Å². The minimum atomic E-state index is 0.0376. The minimum Gasteiger partial charge on any atom is -0.397 e. The molecule has 1 heterocycles. The predicted molar refractivity (Wildman–Crippen MR) is 45.9 cm³/mol. The predicted octanol–water partition coefficient (Wildman–Crippen LogP) is 1.07. The fraction of sp³-hybridized carbons (Fsp3) is 0.375. The summed E-state index contributed by atoms with van der Waals surface area (Å²) < 4.78 is 0. The minimum absolute atomic E-state index is 0.0376. The fourth-order valence-corrected chi connectivity index (χ4v) is 0.845. The molecule has 1 rings (SSSR count). The second-order valence-electron chi connectivity index (χ2n) is 2.53. The van der Waals surface area contributed by atoms with Crippen LogP contribution in [0.1, 0.15) is 25.1 Å². The SMILES string of the molecule is CCC(N)c1ccc(N)cn1. The van der Waals surface area contributed by atoms with Crippen LogP contribution in [0.3, 0.4) is 0 Å². The van der Waals surface area contributed by atoms with Gasteiger partial charge in [0.05, 0.1) is 17.6 Å². The van der Waals surface area contributed by atoms with Crippen molar-refractivity contribution in [1.29, 1.82) is 0 Å². The van der Waals surface area contributed by atoms with Crippen LogP contribution in [0, 0.1) is 0 Å². The van der Waals surface area contributed by atoms with E-state index in [1.807, 2.05) is 19.1 Å². The number of rotatable bonds is 2. The van der Waals surface area contributed by atoms with Crippen molar-refractivity contribution in [2.75, 3.05) is 5.73 Å². The molecule has 0 amide bonds. The van der Waals surface area contributed by atoms with E-state index in [4.69, 9.17) is 11.5 Å². The van der Waals surface area contributed by atoms with E-state index in [0.717, 1.165) is 12.1 Å². The molecule has 0 aliphatic rings. The van der Waals surface area contributed by atoms with Gasteiger partial charge in [0.1, 0.15) is 0 Å². The van der Waals surface area contributed by atoms with E-state index in [1.54, 1.807) is 6.20 Å². The van der Waals surface area contributed by atoms with Gasteiger partial charge in [-0.15, -0.1) is 0 Å². The van der Waals surface area contributed by atoms with Crippen molar-refractivity contribution < 1.29 is 0 Å². The first kappa shape index (κ1) is 8.01. The first-order valence-electron chi connectivity index (χ1n) is 3.71. The molecule has 0 bridgehead atoms. The van der Waals surface area contributed by atoms with Crippen LogP contribution < -0.4 is 11.5 Å². The number of nitrogens with zero attached hydrogens (tertiary/aromatic N) is 1. The highest BCUT2D eigenvalue weighted by atomic mass is 14.8. The number of nitrogen functional groups attached to an aromatic ring is 1. The molecule has 1 aromatic rings. The Hall–Kier alpha value is -1.09. The van der Waals surface area contributed by atoms with Crippen LogP contribution in [-0.2, 0) is 0 Å². The van der Waals surface area contributed by atoms with Crippen molar-refractivity contribution in [3.05, 3.63) is 24.0 Å². The number of aromatic nitrogens is 1. The van der Waals surface area contributed by atoms with E-state index in [1.165, 1.54) is 0 Å². The number of nitrogens with two attached hydrogens (primary N) is 2. The molecule has 60 valence electrons. The Bertz CT molecular complexity index is 217. The van der Waals surface area contributed by atoms with Gasteiger partial charge in [0.25, 0.3) is 0 Å². The molecule has 0 radical (unpaired) electrons. The third-order valence-corrected chi connectivity index (χ3v) is 1.63. The first-order chi connectivity index (χ1) is 5.24. The van der Waals surface area contributed by atoms with Gasteiger partial charge in [-0.25, -0.2) is 0 Å². The zero-order valence-electron chi connectivity index (χ0n) is 6.62. The van der Waals surface area contributed by atoms with Gasteiger partial charge in [0, 0.05) is 6.04 Å². The lowest BCUT2D eigenvalue weighted by molar-refractivity contribution is 0.676. The monoisotopic (exact) mass is 151 g/mol. The van der Waals surface area contributed by atoms with Crippen molar-refractivity contribution in [1.82, 2.24) is 4.98 Å². The molecule has 4 N–H and O–H groups in total. The van der Waals surface area contributed by atoms with Gasteiger partial charge in [-0.3, -0.25) is 4.98 Å². The molecule has 3 nitrogen and oxygen atoms in total. The quantitative estimate of drug-likeness (QED) is 0.664. The topological polar surface area (TPSA) is 64.9 Å². The summed E-state index contributed by atoms with van der Waals surface area (Å²) in [6.45, 7) is 2.03. The van der Waals surface area contributed by atoms with Crippen LogP contribution in [0.2, 0.25) is 0 Å². The molecule has 1 atom stereocenters. The highest BCUT2D eigenvalue weighted by Crippen LogP contribution is 2.11. The normalized spacial score (nSPS) is 12.9. The largest absolute Gasteiger partial charge is 0.397 e. The van der Waals surface area contributed by atoms with Crippen LogP contribution in [0.4, 0.5) is 5.69 Å². The molecule has 0 saturated carbocycles. The summed E-state index contributed by atoms with van der Waals surface area (Å²) in [4.78, 5) is 4.10. The number of anilines is 1. The lowest BCUT2D eigenvalue weighted by Gasteiger charge is -2.06. The van der Waals surface area contributed by atoms with Crippen molar-refractivity contribution in [3.63, 3.8) is 0 Å². The van der Waals surface area contributed by atoms with E-state index >= 15 is 0 Å². The zero-order valence-corrected chi connectivity index (χ0v) is 6.62. The second kappa shape index (κ2) is 3.34. The van der Waals surface area contributed by atoms with Gasteiger partial charge in [-0.1, -0.05) is 6.92 Å². The van der Waals surface area contributed by atoms with Gasteiger partial charge in [-0.05, 0) is 18.6 Å². The van der Waals surface area contributed by atoms with Gasteiger partial charge >= 0.3 is 0 Å². The molecule has 11 heavy (non-hydrogen) atoms. The molecular formula is C8H13N3. The lowest BCUT2D eigenvalue weighted by atomic mass is 10.1. The Morgan fingerprint density at radius 3 is 2.73 bits per heavy atom. The maximum atomic E-state index is 5.74. The standard InChI is InChI=1S/C8H13N3/c1-2-7(10)8-4-3-6(9)5-11-8/h3-5,7H,2,9-10H2,1H3. The molecule has 0 saturated heterocycles. The molecule has 1 aromatic heterocycles. The number of hydrogen-bond acceptors (Lipinski definition) is 3. The maximum Gasteiger partial charge on any atom is 0.0572 e. The Kier molecular flexibility index (Phi) is 2.44. The molecule has 1 unspecified atom stereocenters. The number of hydrogen-bond donors (Lipinski definition) is 2. The van der Waals surface area contributed by atoms with E-state index in [2.05, 4.69) is 4.98 Å². The van der Waals surface area contributed by atoms with Crippen molar-refractivity contribution in [2.45, 2.75) is 19.4 Å². The first-order valence-corrected chi connectivity index (χ1v) is 3.71. The zero-order chi connectivity index (χ0) is 8.27. The Labute approximate surface area is 66.4 Å². The summed E-state index contributed by atoms with van der Waals surface area (Å²) in [6.07, 6.45) is 2.53. The van der Waals surface area contributed by atoms with Crippen LogP contribution in [0.25, 0.3) is 0 Å². The average molecular weight is 151 g/mol. The molecule has 3 heteroatoms. The van der Waals surface area contributed by atoms with Crippen LogP contribution in [-0.4, -0.2) is 4.98 Å². The molecule has 0 aromatic carbocycles. The molecule has 0 fully saturated rings. The van der Waals surface area contributed by atoms with Crippen LogP contribution in [0.5, 0.6) is 0 Å². The van der Waals surface area contributed by atoms with Crippen molar-refractivity contribution in [2.24, 2.45) is 5.73 Å². The van der Waals surface area contributed by atoms with E-state index < -0.39 is 0 Å². The number of pyridine rings is 1. The van der Waals surface area contributed by atoms with Gasteiger partial charge < -0.3 is 11.5 Å². The van der Waals surface area contributed by atoms with Crippen molar-refractivity contribution in [3.8, 4) is 0 Å². The van der Waals surface area contributed by atoms with Gasteiger partial charge in [0.15, 0.2) is 0 Å².